The summed E-state index contributed by atoms with van der Waals surface area (Å²) in [7, 11) is 0.174. The summed E-state index contributed by atoms with van der Waals surface area (Å²) in [6, 6.07) is 5.51. The molecule has 1 aromatic rings. The highest BCUT2D eigenvalue weighted by Gasteiger charge is 2.30. The smallest absolute Gasteiger partial charge is 0.243 e. The lowest BCUT2D eigenvalue weighted by atomic mass is 10.1. The van der Waals surface area contributed by atoms with Crippen molar-refractivity contribution < 1.29 is 8.42 Å². The van der Waals surface area contributed by atoms with Crippen LogP contribution in [0.25, 0.3) is 0 Å². The van der Waals surface area contributed by atoms with Crippen molar-refractivity contribution in [3.05, 3.63) is 29.3 Å². The zero-order chi connectivity index (χ0) is 14.8. The standard InChI is InChI=1S/C14H22N2O2S2/c1-11-4-5-14(8-12(11)9-15-2)20(17,18)16(3)13-6-7-19-10-13/h4-5,8,13,15H,6-7,9-10H2,1-3H3. The van der Waals surface area contributed by atoms with Crippen LogP contribution < -0.4 is 5.32 Å². The van der Waals surface area contributed by atoms with Crippen LogP contribution in [0, 0.1) is 6.92 Å². The summed E-state index contributed by atoms with van der Waals surface area (Å²) >= 11 is 1.82. The summed E-state index contributed by atoms with van der Waals surface area (Å²) in [4.78, 5) is 0.396. The third-order valence-corrected chi connectivity index (χ3v) is 6.84. The molecular formula is C14H22N2O2S2. The summed E-state index contributed by atoms with van der Waals surface area (Å²) in [5.41, 5.74) is 2.14. The van der Waals surface area contributed by atoms with E-state index in [2.05, 4.69) is 5.32 Å². The van der Waals surface area contributed by atoms with E-state index in [1.54, 1.807) is 23.5 Å². The van der Waals surface area contributed by atoms with Crippen LogP contribution in [0.1, 0.15) is 17.5 Å². The number of rotatable bonds is 5. The Bertz CT molecular complexity index is 567. The maximum absolute atomic E-state index is 12.7. The second kappa shape index (κ2) is 6.47. The second-order valence-corrected chi connectivity index (χ2v) is 8.30. The van der Waals surface area contributed by atoms with Gasteiger partial charge in [-0.1, -0.05) is 6.07 Å². The highest BCUT2D eigenvalue weighted by Crippen LogP contribution is 2.27. The van der Waals surface area contributed by atoms with Crippen molar-refractivity contribution in [2.45, 2.75) is 30.8 Å². The molecule has 1 heterocycles. The summed E-state index contributed by atoms with van der Waals surface area (Å²) in [6.07, 6.45) is 0.940. The molecule has 2 rings (SSSR count). The molecule has 0 aromatic heterocycles. The number of thioether (sulfide) groups is 1. The molecule has 6 heteroatoms. The maximum atomic E-state index is 12.7. The molecule has 4 nitrogen and oxygen atoms in total. The fourth-order valence-corrected chi connectivity index (χ4v) is 5.16. The van der Waals surface area contributed by atoms with E-state index in [1.165, 1.54) is 0 Å². The van der Waals surface area contributed by atoms with E-state index in [1.807, 2.05) is 31.8 Å². The minimum absolute atomic E-state index is 0.124. The van der Waals surface area contributed by atoms with Crippen LogP contribution in [-0.2, 0) is 16.6 Å². The molecule has 1 unspecified atom stereocenters. The van der Waals surface area contributed by atoms with Crippen molar-refractivity contribution in [2.75, 3.05) is 25.6 Å². The summed E-state index contributed by atoms with van der Waals surface area (Å²) in [5.74, 6) is 1.94. The number of aryl methyl sites for hydroxylation is 1. The third-order valence-electron chi connectivity index (χ3n) is 3.78. The average Bonchev–Trinajstić information content (AvgIpc) is 2.94. The number of hydrogen-bond acceptors (Lipinski definition) is 4. The monoisotopic (exact) mass is 314 g/mol. The Morgan fingerprint density at radius 1 is 1.45 bits per heavy atom. The van der Waals surface area contributed by atoms with E-state index in [-0.39, 0.29) is 6.04 Å². The lowest BCUT2D eigenvalue weighted by molar-refractivity contribution is 0.394. The van der Waals surface area contributed by atoms with Crippen LogP contribution in [0.2, 0.25) is 0 Å². The maximum Gasteiger partial charge on any atom is 0.243 e. The molecule has 1 aromatic carbocycles. The highest BCUT2D eigenvalue weighted by atomic mass is 32.2. The zero-order valence-corrected chi connectivity index (χ0v) is 13.9. The topological polar surface area (TPSA) is 49.4 Å². The molecule has 0 spiro atoms. The first-order valence-electron chi connectivity index (χ1n) is 6.76. The van der Waals surface area contributed by atoms with Crippen LogP contribution in [0.4, 0.5) is 0 Å². The molecule has 1 fully saturated rings. The Balaban J connectivity index is 2.31. The molecule has 1 aliphatic heterocycles. The predicted octanol–water partition coefficient (Wildman–Crippen LogP) is 1.84. The second-order valence-electron chi connectivity index (χ2n) is 5.16. The quantitative estimate of drug-likeness (QED) is 0.901. The van der Waals surface area contributed by atoms with Crippen molar-refractivity contribution in [2.24, 2.45) is 0 Å². The summed E-state index contributed by atoms with van der Waals surface area (Å²) < 4.78 is 26.9. The van der Waals surface area contributed by atoms with Crippen molar-refractivity contribution >= 4 is 21.8 Å². The SMILES string of the molecule is CNCc1cc(S(=O)(=O)N(C)C2CCSC2)ccc1C. The molecule has 1 saturated heterocycles. The zero-order valence-electron chi connectivity index (χ0n) is 12.2. The van der Waals surface area contributed by atoms with Gasteiger partial charge >= 0.3 is 0 Å². The minimum atomic E-state index is -3.39. The molecule has 1 N–H and O–H groups in total. The molecule has 0 radical (unpaired) electrons. The van der Waals surface area contributed by atoms with Crippen molar-refractivity contribution in [3.63, 3.8) is 0 Å². The van der Waals surface area contributed by atoms with Gasteiger partial charge in [0.2, 0.25) is 10.0 Å². The molecule has 0 amide bonds. The molecule has 0 saturated carbocycles. The first-order chi connectivity index (χ1) is 9.46. The van der Waals surface area contributed by atoms with Crippen LogP contribution >= 0.6 is 11.8 Å². The third kappa shape index (κ3) is 3.19. The van der Waals surface area contributed by atoms with Crippen LogP contribution in [0.5, 0.6) is 0 Å². The Morgan fingerprint density at radius 2 is 2.20 bits per heavy atom. The van der Waals surface area contributed by atoms with Gasteiger partial charge in [-0.05, 0) is 49.4 Å². The van der Waals surface area contributed by atoms with Gasteiger partial charge in [0, 0.05) is 25.4 Å². The van der Waals surface area contributed by atoms with Gasteiger partial charge in [-0.2, -0.15) is 16.1 Å². The normalized spacial score (nSPS) is 19.7. The number of hydrogen-bond donors (Lipinski definition) is 1. The lowest BCUT2D eigenvalue weighted by Crippen LogP contribution is -2.37. The van der Waals surface area contributed by atoms with E-state index in [0.717, 1.165) is 29.1 Å². The molecule has 0 bridgehead atoms. The largest absolute Gasteiger partial charge is 0.316 e. The molecule has 1 aliphatic rings. The molecule has 0 aliphatic carbocycles. The van der Waals surface area contributed by atoms with Gasteiger partial charge < -0.3 is 5.32 Å². The molecule has 112 valence electrons. The number of benzene rings is 1. The van der Waals surface area contributed by atoms with Gasteiger partial charge in [0.1, 0.15) is 0 Å². The fourth-order valence-electron chi connectivity index (χ4n) is 2.36. The Kier molecular flexibility index (Phi) is 5.12. The highest BCUT2D eigenvalue weighted by molar-refractivity contribution is 7.99. The Labute approximate surface area is 126 Å². The van der Waals surface area contributed by atoms with E-state index >= 15 is 0 Å². The van der Waals surface area contributed by atoms with Gasteiger partial charge in [0.05, 0.1) is 4.90 Å². The summed E-state index contributed by atoms with van der Waals surface area (Å²) in [6.45, 7) is 2.68. The van der Waals surface area contributed by atoms with E-state index in [4.69, 9.17) is 0 Å². The van der Waals surface area contributed by atoms with Crippen molar-refractivity contribution in [1.29, 1.82) is 0 Å². The minimum Gasteiger partial charge on any atom is -0.316 e. The van der Waals surface area contributed by atoms with Gasteiger partial charge in [0.15, 0.2) is 0 Å². The molecule has 20 heavy (non-hydrogen) atoms. The predicted molar refractivity (Wildman–Crippen MR) is 84.6 cm³/mol. The van der Waals surface area contributed by atoms with Crippen LogP contribution in [0.15, 0.2) is 23.1 Å². The van der Waals surface area contributed by atoms with Gasteiger partial charge in [0.25, 0.3) is 0 Å². The van der Waals surface area contributed by atoms with Crippen LogP contribution in [-0.4, -0.2) is 44.4 Å². The van der Waals surface area contributed by atoms with Gasteiger partial charge in [-0.3, -0.25) is 0 Å². The number of nitrogens with zero attached hydrogens (tertiary/aromatic N) is 1. The van der Waals surface area contributed by atoms with E-state index in [0.29, 0.717) is 11.4 Å². The first kappa shape index (κ1) is 15.8. The van der Waals surface area contributed by atoms with Crippen molar-refractivity contribution in [1.82, 2.24) is 9.62 Å². The molecule has 1 atom stereocenters. The number of nitrogens with one attached hydrogen (secondary N) is 1. The first-order valence-corrected chi connectivity index (χ1v) is 9.36. The Hall–Kier alpha value is -0.560. The fraction of sp³-hybridized carbons (Fsp3) is 0.571. The van der Waals surface area contributed by atoms with Crippen molar-refractivity contribution in [3.8, 4) is 0 Å². The number of sulfonamides is 1. The average molecular weight is 314 g/mol. The van der Waals surface area contributed by atoms with Gasteiger partial charge in [-0.15, -0.1) is 0 Å². The molecular weight excluding hydrogens is 292 g/mol. The van der Waals surface area contributed by atoms with E-state index < -0.39 is 10.0 Å². The summed E-state index contributed by atoms with van der Waals surface area (Å²) in [5, 5.41) is 3.08. The van der Waals surface area contributed by atoms with Gasteiger partial charge in [-0.25, -0.2) is 8.42 Å². The van der Waals surface area contributed by atoms with E-state index in [9.17, 15) is 8.42 Å². The lowest BCUT2D eigenvalue weighted by Gasteiger charge is -2.23. The Morgan fingerprint density at radius 3 is 2.80 bits per heavy atom. The van der Waals surface area contributed by atoms with Crippen LogP contribution in [0.3, 0.4) is 0 Å².